The molecule has 6 nitrogen and oxygen atoms in total. The van der Waals surface area contributed by atoms with Crippen molar-refractivity contribution in [3.63, 3.8) is 0 Å². The summed E-state index contributed by atoms with van der Waals surface area (Å²) in [6.07, 6.45) is 1.89. The summed E-state index contributed by atoms with van der Waals surface area (Å²) in [6, 6.07) is 17.4. The predicted octanol–water partition coefficient (Wildman–Crippen LogP) is 3.69. The first-order valence-electron chi connectivity index (χ1n) is 10.2. The average Bonchev–Trinajstić information content (AvgIpc) is 2.71. The summed E-state index contributed by atoms with van der Waals surface area (Å²) in [6.45, 7) is 5.81. The van der Waals surface area contributed by atoms with Crippen LogP contribution in [0.4, 0.5) is 5.69 Å². The Kier molecular flexibility index (Phi) is 9.33. The molecule has 164 valence electrons. The number of rotatable bonds is 12. The molecule has 30 heavy (non-hydrogen) atoms. The molecule has 0 saturated heterocycles. The van der Waals surface area contributed by atoms with Crippen LogP contribution in [0.25, 0.3) is 0 Å². The highest BCUT2D eigenvalue weighted by Gasteiger charge is 2.17. The van der Waals surface area contributed by atoms with Crippen LogP contribution >= 0.6 is 0 Å². The number of ether oxygens (including phenoxy) is 1. The molecule has 0 aromatic heterocycles. The zero-order chi connectivity index (χ0) is 22.0. The van der Waals surface area contributed by atoms with Crippen LogP contribution < -0.4 is 9.62 Å². The van der Waals surface area contributed by atoms with E-state index in [1.807, 2.05) is 54.6 Å². The Labute approximate surface area is 180 Å². The fourth-order valence-electron chi connectivity index (χ4n) is 3.01. The lowest BCUT2D eigenvalue weighted by Gasteiger charge is -2.23. The molecular formula is C23H32N2O4S. The maximum atomic E-state index is 12.2. The third kappa shape index (κ3) is 8.16. The zero-order valence-corrected chi connectivity index (χ0v) is 18.8. The molecule has 2 rings (SSSR count). The monoisotopic (exact) mass is 432 g/mol. The van der Waals surface area contributed by atoms with Crippen LogP contribution in [-0.4, -0.2) is 40.3 Å². The van der Waals surface area contributed by atoms with E-state index in [0.717, 1.165) is 11.1 Å². The molecular weight excluding hydrogens is 400 g/mol. The third-order valence-electron chi connectivity index (χ3n) is 4.69. The van der Waals surface area contributed by atoms with E-state index in [2.05, 4.69) is 19.2 Å². The lowest BCUT2D eigenvalue weighted by molar-refractivity contribution is -0.121. The molecule has 0 bridgehead atoms. The maximum Gasteiger partial charge on any atom is 0.232 e. The van der Waals surface area contributed by atoms with Crippen molar-refractivity contribution in [2.45, 2.75) is 39.2 Å². The maximum absolute atomic E-state index is 12.2. The number of carbonyl (C=O) groups is 1. The van der Waals surface area contributed by atoms with Crippen LogP contribution in [0.15, 0.2) is 54.6 Å². The Balaban J connectivity index is 1.73. The van der Waals surface area contributed by atoms with Crippen LogP contribution in [0.2, 0.25) is 0 Å². The Bertz CT molecular complexity index is 881. The van der Waals surface area contributed by atoms with Gasteiger partial charge >= 0.3 is 0 Å². The van der Waals surface area contributed by atoms with E-state index in [9.17, 15) is 13.2 Å². The fourth-order valence-corrected chi connectivity index (χ4v) is 3.98. The number of benzene rings is 2. The van der Waals surface area contributed by atoms with Gasteiger partial charge in [0.2, 0.25) is 15.9 Å². The molecule has 0 spiro atoms. The minimum absolute atomic E-state index is 0.109. The summed E-state index contributed by atoms with van der Waals surface area (Å²) in [7, 11) is -3.42. The second-order valence-electron chi connectivity index (χ2n) is 7.57. The van der Waals surface area contributed by atoms with Crippen LogP contribution in [0.3, 0.4) is 0 Å². The highest BCUT2D eigenvalue weighted by Crippen LogP contribution is 2.22. The molecule has 7 heteroatoms. The number of hydrogen-bond donors (Lipinski definition) is 1. The molecule has 0 fully saturated rings. The quantitative estimate of drug-likeness (QED) is 0.519. The minimum atomic E-state index is -3.42. The van der Waals surface area contributed by atoms with Gasteiger partial charge in [0.05, 0.1) is 25.2 Å². The first-order valence-corrected chi connectivity index (χ1v) is 12.1. The van der Waals surface area contributed by atoms with E-state index >= 15 is 0 Å². The average molecular weight is 433 g/mol. The number of hydrogen-bond acceptors (Lipinski definition) is 4. The summed E-state index contributed by atoms with van der Waals surface area (Å²) in [5.41, 5.74) is 2.86. The predicted molar refractivity (Wildman–Crippen MR) is 121 cm³/mol. The summed E-state index contributed by atoms with van der Waals surface area (Å²) in [5.74, 6) is 0.271. The van der Waals surface area contributed by atoms with E-state index in [-0.39, 0.29) is 18.9 Å². The zero-order valence-electron chi connectivity index (χ0n) is 18.0. The largest absolute Gasteiger partial charge is 0.375 e. The number of nitrogens with zero attached hydrogens (tertiary/aromatic N) is 1. The van der Waals surface area contributed by atoms with E-state index in [4.69, 9.17) is 4.74 Å². The Hall–Kier alpha value is -2.38. The Morgan fingerprint density at radius 1 is 1.07 bits per heavy atom. The van der Waals surface area contributed by atoms with E-state index in [1.165, 1.54) is 10.6 Å². The SMILES string of the molecule is CC(C)c1ccc(N(CCCC(=O)NCCOCc2ccccc2)S(C)(=O)=O)cc1. The van der Waals surface area contributed by atoms with Crippen molar-refractivity contribution >= 4 is 21.6 Å². The Morgan fingerprint density at radius 2 is 1.73 bits per heavy atom. The number of amides is 1. The second-order valence-corrected chi connectivity index (χ2v) is 9.48. The lowest BCUT2D eigenvalue weighted by Crippen LogP contribution is -2.32. The van der Waals surface area contributed by atoms with Crippen molar-refractivity contribution < 1.29 is 17.9 Å². The summed E-state index contributed by atoms with van der Waals surface area (Å²) in [5, 5.41) is 2.81. The number of sulfonamides is 1. The van der Waals surface area contributed by atoms with Gasteiger partial charge in [0, 0.05) is 19.5 Å². The van der Waals surface area contributed by atoms with Gasteiger partial charge < -0.3 is 10.1 Å². The molecule has 0 atom stereocenters. The minimum Gasteiger partial charge on any atom is -0.375 e. The smallest absolute Gasteiger partial charge is 0.232 e. The fraction of sp³-hybridized carbons (Fsp3) is 0.435. The highest BCUT2D eigenvalue weighted by atomic mass is 32.2. The van der Waals surface area contributed by atoms with Gasteiger partial charge in [-0.15, -0.1) is 0 Å². The van der Waals surface area contributed by atoms with Gasteiger partial charge in [-0.2, -0.15) is 0 Å². The van der Waals surface area contributed by atoms with Crippen LogP contribution in [0, 0.1) is 0 Å². The Morgan fingerprint density at radius 3 is 2.33 bits per heavy atom. The van der Waals surface area contributed by atoms with Crippen molar-refractivity contribution in [1.82, 2.24) is 5.32 Å². The van der Waals surface area contributed by atoms with Crippen molar-refractivity contribution in [2.75, 3.05) is 30.3 Å². The molecule has 1 amide bonds. The van der Waals surface area contributed by atoms with Crippen molar-refractivity contribution in [3.8, 4) is 0 Å². The lowest BCUT2D eigenvalue weighted by atomic mass is 10.0. The number of carbonyl (C=O) groups excluding carboxylic acids is 1. The van der Waals surface area contributed by atoms with Crippen LogP contribution in [0.1, 0.15) is 43.7 Å². The molecule has 0 saturated carbocycles. The van der Waals surface area contributed by atoms with Gasteiger partial charge in [-0.1, -0.05) is 56.3 Å². The summed E-state index contributed by atoms with van der Waals surface area (Å²) in [4.78, 5) is 12.0. The topological polar surface area (TPSA) is 75.7 Å². The van der Waals surface area contributed by atoms with E-state index in [1.54, 1.807) is 0 Å². The molecule has 0 radical (unpaired) electrons. The van der Waals surface area contributed by atoms with Gasteiger partial charge in [-0.3, -0.25) is 9.10 Å². The molecule has 2 aromatic carbocycles. The third-order valence-corrected chi connectivity index (χ3v) is 5.89. The molecule has 0 unspecified atom stereocenters. The first-order chi connectivity index (χ1) is 14.3. The van der Waals surface area contributed by atoms with Gasteiger partial charge in [-0.25, -0.2) is 8.42 Å². The second kappa shape index (κ2) is 11.7. The molecule has 0 aliphatic carbocycles. The van der Waals surface area contributed by atoms with Crippen LogP contribution in [0.5, 0.6) is 0 Å². The van der Waals surface area contributed by atoms with E-state index < -0.39 is 10.0 Å². The normalized spacial score (nSPS) is 11.5. The molecule has 0 aliphatic rings. The highest BCUT2D eigenvalue weighted by molar-refractivity contribution is 7.92. The van der Waals surface area contributed by atoms with Gasteiger partial charge in [0.15, 0.2) is 0 Å². The van der Waals surface area contributed by atoms with Crippen molar-refractivity contribution in [2.24, 2.45) is 0 Å². The van der Waals surface area contributed by atoms with Crippen molar-refractivity contribution in [3.05, 3.63) is 65.7 Å². The number of nitrogens with one attached hydrogen (secondary N) is 1. The molecule has 0 aliphatic heterocycles. The molecule has 0 heterocycles. The summed E-state index contributed by atoms with van der Waals surface area (Å²) < 4.78 is 31.3. The molecule has 1 N–H and O–H groups in total. The summed E-state index contributed by atoms with van der Waals surface area (Å²) >= 11 is 0. The van der Waals surface area contributed by atoms with Crippen LogP contribution in [-0.2, 0) is 26.2 Å². The van der Waals surface area contributed by atoms with Gasteiger partial charge in [-0.05, 0) is 35.6 Å². The van der Waals surface area contributed by atoms with Gasteiger partial charge in [0.25, 0.3) is 0 Å². The van der Waals surface area contributed by atoms with E-state index in [0.29, 0.717) is 37.8 Å². The molecule has 2 aromatic rings. The van der Waals surface area contributed by atoms with Crippen molar-refractivity contribution in [1.29, 1.82) is 0 Å². The number of anilines is 1. The first kappa shape index (κ1) is 23.9. The standard InChI is InChI=1S/C23H32N2O4S/c1-19(2)21-11-13-22(14-12-21)25(30(3,27)28)16-7-10-23(26)24-15-17-29-18-20-8-5-4-6-9-20/h4-6,8-9,11-14,19H,7,10,15-18H2,1-3H3,(H,24,26). The van der Waals surface area contributed by atoms with Gasteiger partial charge in [0.1, 0.15) is 0 Å².